The molecular weight excluding hydrogens is 1040 g/mol. The minimum atomic E-state index is -6.21. The van der Waals surface area contributed by atoms with Gasteiger partial charge in [0.25, 0.3) is 5.08 Å². The molecule has 0 saturated heterocycles. The first-order valence-corrected chi connectivity index (χ1v) is 26.6. The van der Waals surface area contributed by atoms with Crippen LogP contribution in [0.15, 0.2) is 107 Å². The second-order valence-corrected chi connectivity index (χ2v) is 21.6. The van der Waals surface area contributed by atoms with Gasteiger partial charge >= 0.3 is 51.3 Å². The van der Waals surface area contributed by atoms with Crippen LogP contribution in [0, 0.1) is 11.8 Å². The number of aromatic amines is 2. The smallest absolute Gasteiger partial charge is 0.408 e. The molecule has 28 heteroatoms. The Morgan fingerprint density at radius 2 is 1.01 bits per heavy atom. The molecule has 9 N–H and O–H groups in total. The van der Waals surface area contributed by atoms with Crippen molar-refractivity contribution in [2.45, 2.75) is 96.3 Å². The van der Waals surface area contributed by atoms with Gasteiger partial charge in [-0.15, -0.1) is 0 Å². The van der Waals surface area contributed by atoms with Crippen molar-refractivity contribution in [1.29, 1.82) is 0 Å². The van der Waals surface area contributed by atoms with Crippen LogP contribution in [-0.2, 0) is 69.4 Å². The minimum absolute atomic E-state index is 0.150. The number of hydrogen-bond acceptors (Lipinski definition) is 20. The molecule has 4 aromatic rings. The molecule has 2 heterocycles. The Kier molecular flexibility index (Phi) is 23.7. The fraction of sp³-hybridized carbons (Fsp3) is 0.417. The van der Waals surface area contributed by atoms with Crippen molar-refractivity contribution >= 4 is 51.3 Å². The van der Waals surface area contributed by atoms with Crippen LogP contribution in [0.25, 0.3) is 0 Å². The van der Waals surface area contributed by atoms with Gasteiger partial charge in [-0.25, -0.2) is 28.8 Å². The van der Waals surface area contributed by atoms with Crippen LogP contribution in [0.3, 0.4) is 0 Å². The van der Waals surface area contributed by atoms with Crippen LogP contribution < -0.4 is 27.5 Å². The standard InChI is InChI=1S/C48H61N5O21P2/c1-30(2)40(52-46(60)69-28-32-12-7-5-8-13-32)44(58)67-24-20-38(71-42(56)34-16-18-36(54)50-26-34)73-76(66,48(62,22-11-23-49)75(63,64)65)74-39(72-43(57)35-17-19-37(55)51-27-35)21-25-68-45(59)41(31(3)4)53-47(61)70-29-33-14-9-6-10-15-33/h5-10,12-19,26-27,30-31,38-41,62H,11,20-25,28-29,49H2,1-4H3,(H,50,54)(H,51,55)(H,52,60)(H,53,61)(H2,63,64,65)/t38?,39?,40-,41-,48?,76?/m0/s1. The van der Waals surface area contributed by atoms with E-state index in [1.807, 2.05) is 0 Å². The number of ether oxygens (including phenoxy) is 6. The predicted octanol–water partition coefficient (Wildman–Crippen LogP) is 4.29. The number of carbonyl (C=O) groups excluding carboxylic acids is 6. The van der Waals surface area contributed by atoms with E-state index in [-0.39, 0.29) is 30.9 Å². The first kappa shape index (κ1) is 61.5. The number of alkyl carbamates (subject to hydrolysis) is 2. The minimum Gasteiger partial charge on any atom is -0.464 e. The van der Waals surface area contributed by atoms with Crippen molar-refractivity contribution in [3.63, 3.8) is 0 Å². The number of H-pyrrole nitrogens is 2. The number of aromatic nitrogens is 2. The number of carbonyl (C=O) groups is 6. The van der Waals surface area contributed by atoms with Crippen molar-refractivity contribution in [1.82, 2.24) is 20.6 Å². The van der Waals surface area contributed by atoms with Gasteiger partial charge in [0.15, 0.2) is 0 Å². The van der Waals surface area contributed by atoms with Gasteiger partial charge in [-0.1, -0.05) is 88.4 Å². The SMILES string of the molecule is CC(C)[C@H](NC(=O)OCc1ccccc1)C(=O)OCCC(OC(=O)c1ccc(=O)[nH]c1)OP(=O)(OC(CCOC(=O)[C@@H](NC(=O)OCc1ccccc1)C(C)C)OC(=O)c1ccc(=O)[nH]c1)C(O)(CCCN)P(=O)(O)O. The zero-order chi connectivity index (χ0) is 56.1. The normalized spacial score (nSPS) is 14.6. The summed E-state index contributed by atoms with van der Waals surface area (Å²) in [6, 6.07) is 18.3. The number of rotatable bonds is 29. The number of pyridine rings is 2. The molecule has 26 nitrogen and oxygen atoms in total. The third-order valence-corrected chi connectivity index (χ3v) is 15.5. The number of aliphatic hydroxyl groups is 1. The Balaban J connectivity index is 1.68. The van der Waals surface area contributed by atoms with Gasteiger partial charge < -0.3 is 69.6 Å². The maximum atomic E-state index is 15.5. The summed E-state index contributed by atoms with van der Waals surface area (Å²) >= 11 is 0. The molecule has 0 spiro atoms. The number of benzene rings is 2. The molecule has 3 unspecified atom stereocenters. The van der Waals surface area contributed by atoms with Crippen LogP contribution in [0.5, 0.6) is 0 Å². The zero-order valence-corrected chi connectivity index (χ0v) is 43.5. The number of hydrogen-bond donors (Lipinski definition) is 8. The molecule has 2 amide bonds. The topological polar surface area (TPSA) is 387 Å². The van der Waals surface area contributed by atoms with Crippen LogP contribution in [0.2, 0.25) is 0 Å². The second-order valence-electron chi connectivity index (χ2n) is 17.2. The van der Waals surface area contributed by atoms with E-state index in [0.29, 0.717) is 11.1 Å². The highest BCUT2D eigenvalue weighted by Gasteiger charge is 2.64. The van der Waals surface area contributed by atoms with E-state index in [1.54, 1.807) is 88.4 Å². The largest absolute Gasteiger partial charge is 0.464 e. The summed E-state index contributed by atoms with van der Waals surface area (Å²) < 4.78 is 72.2. The van der Waals surface area contributed by atoms with Crippen LogP contribution in [0.1, 0.15) is 85.2 Å². The van der Waals surface area contributed by atoms with E-state index in [9.17, 15) is 57.8 Å². The molecule has 0 fully saturated rings. The lowest BCUT2D eigenvalue weighted by atomic mass is 10.1. The van der Waals surface area contributed by atoms with Crippen molar-refractivity contribution in [3.8, 4) is 0 Å². The summed E-state index contributed by atoms with van der Waals surface area (Å²) in [6.45, 7) is 3.87. The monoisotopic (exact) mass is 1110 g/mol. The Hall–Kier alpha value is -7.02. The first-order chi connectivity index (χ1) is 35.9. The molecule has 5 atom stereocenters. The lowest BCUT2D eigenvalue weighted by molar-refractivity contribution is -0.150. The van der Waals surface area contributed by atoms with Crippen LogP contribution in [-0.4, -0.2) is 110 Å². The van der Waals surface area contributed by atoms with E-state index in [1.165, 1.54) is 0 Å². The van der Waals surface area contributed by atoms with Gasteiger partial charge in [0.05, 0.1) is 24.3 Å². The molecule has 0 aliphatic carbocycles. The molecule has 2 aromatic carbocycles. The molecule has 76 heavy (non-hydrogen) atoms. The number of nitrogens with one attached hydrogen (secondary N) is 4. The summed E-state index contributed by atoms with van der Waals surface area (Å²) in [4.78, 5) is 129. The van der Waals surface area contributed by atoms with Crippen molar-refractivity contribution in [2.24, 2.45) is 17.6 Å². The highest BCUT2D eigenvalue weighted by Crippen LogP contribution is 2.75. The van der Waals surface area contributed by atoms with Gasteiger partial charge in [0.2, 0.25) is 23.7 Å². The predicted molar refractivity (Wildman–Crippen MR) is 266 cm³/mol. The van der Waals surface area contributed by atoms with Crippen molar-refractivity contribution in [2.75, 3.05) is 19.8 Å². The quantitative estimate of drug-likeness (QED) is 0.0163. The van der Waals surface area contributed by atoms with Crippen LogP contribution in [0.4, 0.5) is 9.59 Å². The Bertz CT molecular complexity index is 2580. The maximum Gasteiger partial charge on any atom is 0.408 e. The maximum absolute atomic E-state index is 15.5. The third-order valence-electron chi connectivity index (χ3n) is 10.7. The van der Waals surface area contributed by atoms with Gasteiger partial charge in [0, 0.05) is 43.8 Å². The molecule has 0 bridgehead atoms. The molecule has 0 radical (unpaired) electrons. The Morgan fingerprint density at radius 3 is 1.34 bits per heavy atom. The zero-order valence-electron chi connectivity index (χ0n) is 41.7. The summed E-state index contributed by atoms with van der Waals surface area (Å²) in [5.41, 5.74) is 4.88. The molecule has 0 aliphatic heterocycles. The molecule has 4 rings (SSSR count). The summed E-state index contributed by atoms with van der Waals surface area (Å²) in [5, 5.41) is 12.9. The molecule has 0 aliphatic rings. The molecular formula is C48H61N5O21P2. The van der Waals surface area contributed by atoms with E-state index < -0.39 is 143 Å². The van der Waals surface area contributed by atoms with Gasteiger partial charge in [-0.05, 0) is 48.1 Å². The summed E-state index contributed by atoms with van der Waals surface area (Å²) in [5.74, 6) is -6.10. The van der Waals surface area contributed by atoms with Crippen molar-refractivity contribution in [3.05, 3.63) is 140 Å². The van der Waals surface area contributed by atoms with Crippen LogP contribution >= 0.6 is 15.2 Å². The molecule has 2 aromatic heterocycles. The van der Waals surface area contributed by atoms with Gasteiger partial charge in [-0.2, -0.15) is 0 Å². The first-order valence-electron chi connectivity index (χ1n) is 23.5. The van der Waals surface area contributed by atoms with Gasteiger partial charge in [0.1, 0.15) is 25.3 Å². The van der Waals surface area contributed by atoms with E-state index in [0.717, 1.165) is 36.7 Å². The highest BCUT2D eigenvalue weighted by molar-refractivity contribution is 7.73. The fourth-order valence-electron chi connectivity index (χ4n) is 6.47. The second kappa shape index (κ2) is 29.3. The Morgan fingerprint density at radius 1 is 0.618 bits per heavy atom. The Labute approximate surface area is 434 Å². The molecule has 414 valence electrons. The number of nitrogens with two attached hydrogens (primary N) is 1. The van der Waals surface area contributed by atoms with Gasteiger partial charge in [-0.3, -0.25) is 27.8 Å². The van der Waals surface area contributed by atoms with Crippen molar-refractivity contribution < 1.29 is 90.3 Å². The molecule has 0 saturated carbocycles. The summed E-state index contributed by atoms with van der Waals surface area (Å²) in [6.07, 6.45) is -8.36. The van der Waals surface area contributed by atoms with E-state index in [2.05, 4.69) is 20.6 Å². The summed E-state index contributed by atoms with van der Waals surface area (Å²) in [7, 11) is -12.4. The average molecular weight is 1110 g/mol. The number of esters is 4. The average Bonchev–Trinajstić information content (AvgIpc) is 3.37. The number of amides is 2. The highest BCUT2D eigenvalue weighted by atomic mass is 31.2. The fourth-order valence-corrected chi connectivity index (χ4v) is 10.2. The van der Waals surface area contributed by atoms with E-state index >= 15 is 4.57 Å². The lowest BCUT2D eigenvalue weighted by Crippen LogP contribution is -2.45. The third kappa shape index (κ3) is 19.0. The lowest BCUT2D eigenvalue weighted by Gasteiger charge is -2.37. The van der Waals surface area contributed by atoms with E-state index in [4.69, 9.17) is 43.2 Å².